The van der Waals surface area contributed by atoms with Crippen LogP contribution >= 0.6 is 0 Å². The third kappa shape index (κ3) is 5.03. The third-order valence-corrected chi connectivity index (χ3v) is 2.12. The van der Waals surface area contributed by atoms with E-state index in [0.717, 1.165) is 12.4 Å². The summed E-state index contributed by atoms with van der Waals surface area (Å²) >= 11 is 0. The van der Waals surface area contributed by atoms with Crippen LogP contribution in [0.3, 0.4) is 0 Å². The molecule has 0 aliphatic heterocycles. The first-order chi connectivity index (χ1) is 8.61. The number of halogens is 6. The number of aromatic nitrogens is 1. The van der Waals surface area contributed by atoms with Crippen LogP contribution in [0.4, 0.5) is 26.3 Å². The summed E-state index contributed by atoms with van der Waals surface area (Å²) in [4.78, 5) is 3.48. The Kier molecular flexibility index (Phi) is 4.75. The molecule has 0 aliphatic carbocycles. The van der Waals surface area contributed by atoms with Crippen LogP contribution in [0.5, 0.6) is 0 Å². The number of alkyl halides is 6. The molecule has 0 saturated heterocycles. The van der Waals surface area contributed by atoms with Crippen LogP contribution in [0.25, 0.3) is 0 Å². The Morgan fingerprint density at radius 3 is 2.37 bits per heavy atom. The van der Waals surface area contributed by atoms with E-state index in [1.807, 2.05) is 0 Å². The van der Waals surface area contributed by atoms with Gasteiger partial charge in [-0.25, -0.2) is 0 Å². The second-order valence-electron chi connectivity index (χ2n) is 3.70. The first-order valence-electron chi connectivity index (χ1n) is 5.02. The maximum Gasteiger partial charge on any atom is 0.416 e. The predicted molar refractivity (Wildman–Crippen MR) is 53.0 cm³/mol. The normalized spacial score (nSPS) is 14.5. The summed E-state index contributed by atoms with van der Waals surface area (Å²) < 4.78 is 77.5. The average molecular weight is 288 g/mol. The minimum absolute atomic E-state index is 0.405. The van der Waals surface area contributed by atoms with E-state index in [0.29, 0.717) is 6.07 Å². The van der Waals surface area contributed by atoms with Gasteiger partial charge in [-0.1, -0.05) is 0 Å². The van der Waals surface area contributed by atoms with Gasteiger partial charge in [0.2, 0.25) is 0 Å². The van der Waals surface area contributed by atoms with Crippen molar-refractivity contribution >= 4 is 0 Å². The van der Waals surface area contributed by atoms with Crippen molar-refractivity contribution in [3.8, 4) is 0 Å². The molecule has 0 aromatic carbocycles. The Hall–Kier alpha value is -1.35. The summed E-state index contributed by atoms with van der Waals surface area (Å²) in [6.45, 7) is -2.25. The summed E-state index contributed by atoms with van der Waals surface area (Å²) in [6, 6.07) is -0.633. The van der Waals surface area contributed by atoms with Gasteiger partial charge in [0.15, 0.2) is 0 Å². The highest BCUT2D eigenvalue weighted by Crippen LogP contribution is 2.33. The number of ether oxygens (including phenoxy) is 1. The number of pyridine rings is 1. The van der Waals surface area contributed by atoms with E-state index in [-0.39, 0.29) is 0 Å². The van der Waals surface area contributed by atoms with Crippen LogP contribution in [-0.2, 0) is 10.9 Å². The van der Waals surface area contributed by atoms with Crippen LogP contribution in [0, 0.1) is 0 Å². The maximum absolute atomic E-state index is 12.6. The van der Waals surface area contributed by atoms with E-state index in [2.05, 4.69) is 9.72 Å². The molecule has 0 saturated carbocycles. The fourth-order valence-electron chi connectivity index (χ4n) is 1.35. The van der Waals surface area contributed by atoms with E-state index >= 15 is 0 Å². The van der Waals surface area contributed by atoms with Crippen LogP contribution in [0.15, 0.2) is 18.5 Å². The number of nitrogens with zero attached hydrogens (tertiary/aromatic N) is 1. The van der Waals surface area contributed by atoms with Gasteiger partial charge in [0.05, 0.1) is 18.2 Å². The molecule has 1 atom stereocenters. The Morgan fingerprint density at radius 1 is 1.21 bits per heavy atom. The zero-order valence-corrected chi connectivity index (χ0v) is 9.42. The first kappa shape index (κ1) is 15.7. The smallest absolute Gasteiger partial charge is 0.370 e. The molecule has 0 aliphatic rings. The van der Waals surface area contributed by atoms with Gasteiger partial charge in [-0.15, -0.1) is 0 Å². The summed E-state index contributed by atoms with van der Waals surface area (Å²) in [6.07, 6.45) is -7.42. The topological polar surface area (TPSA) is 48.1 Å². The highest BCUT2D eigenvalue weighted by atomic mass is 19.4. The molecule has 9 heteroatoms. The van der Waals surface area contributed by atoms with Crippen molar-refractivity contribution in [2.24, 2.45) is 5.73 Å². The quantitative estimate of drug-likeness (QED) is 0.866. The molecular weight excluding hydrogens is 278 g/mol. The fraction of sp³-hybridized carbons (Fsp3) is 0.500. The number of rotatable bonds is 4. The molecule has 0 fully saturated rings. The molecule has 1 aromatic rings. The lowest BCUT2D eigenvalue weighted by molar-refractivity contribution is -0.175. The lowest BCUT2D eigenvalue weighted by Gasteiger charge is -2.18. The molecular formula is C10H10F6N2O. The Balaban J connectivity index is 2.75. The average Bonchev–Trinajstić information content (AvgIpc) is 2.26. The molecule has 1 unspecified atom stereocenters. The summed E-state index contributed by atoms with van der Waals surface area (Å²) in [5.74, 6) is 0. The van der Waals surface area contributed by atoms with E-state index in [9.17, 15) is 26.3 Å². The van der Waals surface area contributed by atoms with Crippen LogP contribution in [-0.4, -0.2) is 24.4 Å². The molecule has 0 radical (unpaired) electrons. The van der Waals surface area contributed by atoms with E-state index in [4.69, 9.17) is 5.73 Å². The molecule has 3 nitrogen and oxygen atoms in total. The Morgan fingerprint density at radius 2 is 1.84 bits per heavy atom. The molecule has 108 valence electrons. The number of hydrogen-bond donors (Lipinski definition) is 1. The third-order valence-electron chi connectivity index (χ3n) is 2.12. The van der Waals surface area contributed by atoms with Gasteiger partial charge in [-0.2, -0.15) is 26.3 Å². The van der Waals surface area contributed by atoms with Crippen molar-refractivity contribution in [1.29, 1.82) is 0 Å². The molecule has 1 aromatic heterocycles. The Bertz CT molecular complexity index is 417. The molecule has 2 N–H and O–H groups in total. The van der Waals surface area contributed by atoms with Crippen molar-refractivity contribution in [3.63, 3.8) is 0 Å². The summed E-state index contributed by atoms with van der Waals surface area (Å²) in [5, 5.41) is 0. The minimum Gasteiger partial charge on any atom is -0.370 e. The minimum atomic E-state index is -4.65. The lowest BCUT2D eigenvalue weighted by atomic mass is 10.0. The van der Waals surface area contributed by atoms with Crippen LogP contribution in [0.2, 0.25) is 0 Å². The van der Waals surface area contributed by atoms with E-state index in [1.165, 1.54) is 0 Å². The zero-order chi connectivity index (χ0) is 14.7. The van der Waals surface area contributed by atoms with Crippen molar-refractivity contribution in [2.75, 3.05) is 13.2 Å². The summed E-state index contributed by atoms with van der Waals surface area (Å²) in [5.41, 5.74) is 3.95. The van der Waals surface area contributed by atoms with E-state index < -0.39 is 42.7 Å². The molecule has 1 rings (SSSR count). The van der Waals surface area contributed by atoms with Crippen LogP contribution < -0.4 is 5.73 Å². The Labute approximate surface area is 104 Å². The van der Waals surface area contributed by atoms with Gasteiger partial charge in [0, 0.05) is 18.0 Å². The predicted octanol–water partition coefficient (Wildman–Crippen LogP) is 2.68. The summed E-state index contributed by atoms with van der Waals surface area (Å²) in [7, 11) is 0. The molecule has 19 heavy (non-hydrogen) atoms. The second-order valence-corrected chi connectivity index (χ2v) is 3.70. The zero-order valence-electron chi connectivity index (χ0n) is 9.42. The van der Waals surface area contributed by atoms with Gasteiger partial charge in [0.25, 0.3) is 0 Å². The highest BCUT2D eigenvalue weighted by molar-refractivity contribution is 5.29. The first-order valence-corrected chi connectivity index (χ1v) is 5.02. The fourth-order valence-corrected chi connectivity index (χ4v) is 1.35. The standard InChI is InChI=1S/C10H10F6N2O/c11-9(12,13)5-19-4-8(17)6-3-18-2-1-7(6)10(14,15)16/h1-3,8H,4-5,17H2. The molecule has 0 spiro atoms. The number of nitrogens with two attached hydrogens (primary N) is 1. The monoisotopic (exact) mass is 288 g/mol. The van der Waals surface area contributed by atoms with Gasteiger partial charge in [0.1, 0.15) is 6.61 Å². The van der Waals surface area contributed by atoms with Crippen molar-refractivity contribution in [2.45, 2.75) is 18.4 Å². The lowest BCUT2D eigenvalue weighted by Crippen LogP contribution is -2.25. The van der Waals surface area contributed by atoms with Gasteiger partial charge >= 0.3 is 12.4 Å². The molecule has 1 heterocycles. The van der Waals surface area contributed by atoms with Gasteiger partial charge < -0.3 is 10.5 Å². The largest absolute Gasteiger partial charge is 0.416 e. The number of hydrogen-bond acceptors (Lipinski definition) is 3. The van der Waals surface area contributed by atoms with E-state index in [1.54, 1.807) is 0 Å². The van der Waals surface area contributed by atoms with Crippen LogP contribution in [0.1, 0.15) is 17.2 Å². The second kappa shape index (κ2) is 5.74. The molecule has 0 amide bonds. The maximum atomic E-state index is 12.6. The molecule has 0 bridgehead atoms. The van der Waals surface area contributed by atoms with Crippen molar-refractivity contribution < 1.29 is 31.1 Å². The van der Waals surface area contributed by atoms with Crippen molar-refractivity contribution in [3.05, 3.63) is 29.6 Å². The van der Waals surface area contributed by atoms with Gasteiger partial charge in [-0.05, 0) is 6.07 Å². The highest BCUT2D eigenvalue weighted by Gasteiger charge is 2.35. The SMILES string of the molecule is NC(COCC(F)(F)F)c1cnccc1C(F)(F)F. The van der Waals surface area contributed by atoms with Gasteiger partial charge in [-0.3, -0.25) is 4.98 Å². The van der Waals surface area contributed by atoms with Crippen molar-refractivity contribution in [1.82, 2.24) is 4.98 Å².